The molecule has 1 amide bonds. The van der Waals surface area contributed by atoms with Gasteiger partial charge < -0.3 is 15.3 Å². The molecule has 4 rings (SSSR count). The van der Waals surface area contributed by atoms with Crippen LogP contribution in [0.4, 0.5) is 0 Å². The number of aromatic hydroxyl groups is 1. The highest BCUT2D eigenvalue weighted by atomic mass is 16.3. The number of hydrogen-bond acceptors (Lipinski definition) is 5. The first kappa shape index (κ1) is 14.6. The summed E-state index contributed by atoms with van der Waals surface area (Å²) in [6.45, 7) is 2.86. The highest BCUT2D eigenvalue weighted by Crippen LogP contribution is 2.24. The molecule has 1 aliphatic rings. The van der Waals surface area contributed by atoms with Crippen molar-refractivity contribution in [2.45, 2.75) is 0 Å². The maximum absolute atomic E-state index is 12.8. The fraction of sp³-hybridized carbons (Fsp3) is 0.235. The predicted octanol–water partition coefficient (Wildman–Crippen LogP) is 1.15. The number of nitrogens with one attached hydrogen (secondary N) is 1. The molecule has 1 fully saturated rings. The van der Waals surface area contributed by atoms with Gasteiger partial charge in [0.05, 0.1) is 11.9 Å². The Morgan fingerprint density at radius 3 is 2.67 bits per heavy atom. The molecule has 3 aromatic rings. The van der Waals surface area contributed by atoms with E-state index in [2.05, 4.69) is 15.4 Å². The fourth-order valence-electron chi connectivity index (χ4n) is 2.89. The second-order valence-corrected chi connectivity index (χ2v) is 5.70. The van der Waals surface area contributed by atoms with Crippen LogP contribution in [-0.4, -0.2) is 56.7 Å². The van der Waals surface area contributed by atoms with E-state index in [1.54, 1.807) is 11.0 Å². The van der Waals surface area contributed by atoms with Crippen LogP contribution in [0.1, 0.15) is 10.4 Å². The minimum Gasteiger partial charge on any atom is -0.493 e. The zero-order valence-electron chi connectivity index (χ0n) is 13.0. The smallest absolute Gasteiger partial charge is 0.259 e. The number of fused-ring (bicyclic) bond motifs is 1. The Labute approximate surface area is 138 Å². The predicted molar refractivity (Wildman–Crippen MR) is 88.9 cm³/mol. The van der Waals surface area contributed by atoms with E-state index < -0.39 is 0 Å². The second-order valence-electron chi connectivity index (χ2n) is 5.70. The van der Waals surface area contributed by atoms with Crippen molar-refractivity contribution in [2.75, 3.05) is 26.2 Å². The molecule has 2 N–H and O–H groups in total. The maximum atomic E-state index is 12.8. The van der Waals surface area contributed by atoms with Gasteiger partial charge in [-0.1, -0.05) is 30.3 Å². The number of amides is 1. The number of nitrogens with zero attached hydrogens (tertiary/aromatic N) is 4. The van der Waals surface area contributed by atoms with Crippen LogP contribution in [0.2, 0.25) is 0 Å². The lowest BCUT2D eigenvalue weighted by Gasteiger charge is -2.26. The number of aromatic nitrogens is 3. The summed E-state index contributed by atoms with van der Waals surface area (Å²) in [5.74, 6) is -0.151. The fourth-order valence-corrected chi connectivity index (χ4v) is 2.89. The third-order valence-corrected chi connectivity index (χ3v) is 4.16. The van der Waals surface area contributed by atoms with Gasteiger partial charge in [0.25, 0.3) is 5.91 Å². The largest absolute Gasteiger partial charge is 0.493 e. The molecule has 1 aromatic carbocycles. The lowest BCUT2D eigenvalue weighted by Crippen LogP contribution is -2.46. The van der Waals surface area contributed by atoms with Crippen LogP contribution in [0.5, 0.6) is 5.88 Å². The van der Waals surface area contributed by atoms with Gasteiger partial charge in [-0.3, -0.25) is 4.79 Å². The number of hydrogen-bond donors (Lipinski definition) is 2. The maximum Gasteiger partial charge on any atom is 0.259 e. The van der Waals surface area contributed by atoms with Crippen LogP contribution in [0, 0.1) is 0 Å². The van der Waals surface area contributed by atoms with Gasteiger partial charge >= 0.3 is 0 Å². The van der Waals surface area contributed by atoms with Crippen LogP contribution in [0.15, 0.2) is 42.6 Å². The summed E-state index contributed by atoms with van der Waals surface area (Å²) >= 11 is 0. The van der Waals surface area contributed by atoms with E-state index >= 15 is 0 Å². The summed E-state index contributed by atoms with van der Waals surface area (Å²) in [6.07, 6.45) is 1.47. The Morgan fingerprint density at radius 2 is 1.92 bits per heavy atom. The number of rotatable bonds is 2. The SMILES string of the molecule is O=C(c1cnn2c(O)cc(-c3ccccc3)nc12)N1CCNCC1. The first-order valence-corrected chi connectivity index (χ1v) is 7.87. The number of piperazine rings is 1. The molecule has 1 saturated heterocycles. The van der Waals surface area contributed by atoms with E-state index in [1.807, 2.05) is 30.3 Å². The molecule has 0 atom stereocenters. The summed E-state index contributed by atoms with van der Waals surface area (Å²) < 4.78 is 1.29. The van der Waals surface area contributed by atoms with Crippen molar-refractivity contribution in [3.63, 3.8) is 0 Å². The number of benzene rings is 1. The lowest BCUT2D eigenvalue weighted by atomic mass is 10.1. The van der Waals surface area contributed by atoms with E-state index in [4.69, 9.17) is 0 Å². The Balaban J connectivity index is 1.79. The zero-order valence-corrected chi connectivity index (χ0v) is 13.0. The van der Waals surface area contributed by atoms with E-state index in [0.717, 1.165) is 18.7 Å². The third kappa shape index (κ3) is 2.48. The van der Waals surface area contributed by atoms with Gasteiger partial charge in [0.1, 0.15) is 5.56 Å². The van der Waals surface area contributed by atoms with E-state index in [-0.39, 0.29) is 11.8 Å². The van der Waals surface area contributed by atoms with Crippen LogP contribution < -0.4 is 5.32 Å². The summed E-state index contributed by atoms with van der Waals surface area (Å²) in [5, 5.41) is 17.6. The molecule has 0 saturated carbocycles. The highest BCUT2D eigenvalue weighted by molar-refractivity contribution is 6.00. The Morgan fingerprint density at radius 1 is 1.17 bits per heavy atom. The summed E-state index contributed by atoms with van der Waals surface area (Å²) in [7, 11) is 0. The molecule has 0 spiro atoms. The van der Waals surface area contributed by atoms with E-state index in [1.165, 1.54) is 10.7 Å². The van der Waals surface area contributed by atoms with Crippen LogP contribution in [0.3, 0.4) is 0 Å². The molecular weight excluding hydrogens is 306 g/mol. The quantitative estimate of drug-likeness (QED) is 0.739. The van der Waals surface area contributed by atoms with E-state index in [9.17, 15) is 9.90 Å². The van der Waals surface area contributed by atoms with Gasteiger partial charge in [0, 0.05) is 37.8 Å². The topological polar surface area (TPSA) is 82.8 Å². The molecule has 0 unspecified atom stereocenters. The molecule has 7 nitrogen and oxygen atoms in total. The number of carbonyl (C=O) groups is 1. The van der Waals surface area contributed by atoms with Gasteiger partial charge in [0.15, 0.2) is 5.65 Å². The number of carbonyl (C=O) groups excluding carboxylic acids is 1. The molecule has 2 aromatic heterocycles. The second kappa shape index (κ2) is 5.93. The molecule has 1 aliphatic heterocycles. The minimum atomic E-state index is -0.108. The molecule has 24 heavy (non-hydrogen) atoms. The zero-order chi connectivity index (χ0) is 16.5. The van der Waals surface area contributed by atoms with Crippen LogP contribution in [0.25, 0.3) is 16.9 Å². The summed E-state index contributed by atoms with van der Waals surface area (Å²) in [6, 6.07) is 11.1. The molecule has 3 heterocycles. The van der Waals surface area contributed by atoms with Crippen molar-refractivity contribution in [3.05, 3.63) is 48.2 Å². The van der Waals surface area contributed by atoms with Crippen molar-refractivity contribution in [2.24, 2.45) is 0 Å². The molecule has 0 bridgehead atoms. The molecular formula is C17H17N5O2. The monoisotopic (exact) mass is 323 g/mol. The average Bonchev–Trinajstić information content (AvgIpc) is 3.07. The van der Waals surface area contributed by atoms with Crippen molar-refractivity contribution in [1.82, 2.24) is 24.8 Å². The van der Waals surface area contributed by atoms with Gasteiger partial charge in [0.2, 0.25) is 5.88 Å². The highest BCUT2D eigenvalue weighted by Gasteiger charge is 2.23. The Hall–Kier alpha value is -2.93. The van der Waals surface area contributed by atoms with Gasteiger partial charge in [-0.25, -0.2) is 4.98 Å². The van der Waals surface area contributed by atoms with Gasteiger partial charge in [-0.15, -0.1) is 0 Å². The molecule has 7 heteroatoms. The first-order valence-electron chi connectivity index (χ1n) is 7.87. The van der Waals surface area contributed by atoms with Crippen molar-refractivity contribution >= 4 is 11.6 Å². The minimum absolute atomic E-state index is 0.0433. The van der Waals surface area contributed by atoms with Crippen LogP contribution >= 0.6 is 0 Å². The first-order chi connectivity index (χ1) is 11.7. The lowest BCUT2D eigenvalue weighted by molar-refractivity contribution is 0.0737. The standard InChI is InChI=1S/C17H17N5O2/c23-15-10-14(12-4-2-1-3-5-12)20-16-13(11-19-22(15)16)17(24)21-8-6-18-7-9-21/h1-5,10-11,18,23H,6-9H2. The van der Waals surface area contributed by atoms with E-state index in [0.29, 0.717) is 30.0 Å². The van der Waals surface area contributed by atoms with Crippen molar-refractivity contribution in [1.29, 1.82) is 0 Å². The average molecular weight is 323 g/mol. The third-order valence-electron chi connectivity index (χ3n) is 4.16. The van der Waals surface area contributed by atoms with Crippen LogP contribution in [-0.2, 0) is 0 Å². The van der Waals surface area contributed by atoms with Crippen molar-refractivity contribution < 1.29 is 9.90 Å². The normalized spacial score (nSPS) is 14.9. The molecule has 122 valence electrons. The summed E-state index contributed by atoms with van der Waals surface area (Å²) in [4.78, 5) is 19.1. The molecule has 0 radical (unpaired) electrons. The van der Waals surface area contributed by atoms with Crippen molar-refractivity contribution in [3.8, 4) is 17.1 Å². The summed E-state index contributed by atoms with van der Waals surface area (Å²) in [5.41, 5.74) is 2.26. The van der Waals surface area contributed by atoms with Gasteiger partial charge in [-0.2, -0.15) is 9.61 Å². The Kier molecular flexibility index (Phi) is 3.62. The Bertz CT molecular complexity index is 885. The molecule has 0 aliphatic carbocycles. The van der Waals surface area contributed by atoms with Gasteiger partial charge in [-0.05, 0) is 0 Å².